The summed E-state index contributed by atoms with van der Waals surface area (Å²) in [5.74, 6) is -9.07. The van der Waals surface area contributed by atoms with Crippen LogP contribution in [0.3, 0.4) is 0 Å². The van der Waals surface area contributed by atoms with Crippen molar-refractivity contribution < 1.29 is 57.2 Å². The number of ketones is 2. The SMILES string of the molecule is C=C1[C@H](OC(C)=O)[C@H]2[C@@H](OC(C)=O)[C@@H](C)C[C@]2(OC(C)=O)C(=O)[C@@H](C)/C=C/C(C)(C)C(=O)[C@H](OC(C)=O)[C@H]1OC(=O)C(C)C. The Labute approximate surface area is 257 Å². The zero-order valence-electron chi connectivity index (χ0n) is 27.1. The number of ether oxygens (including phenoxy) is 5. The fourth-order valence-corrected chi connectivity index (χ4v) is 5.88. The average Bonchev–Trinajstić information content (AvgIpc) is 3.15. The topological polar surface area (TPSA) is 166 Å². The van der Waals surface area contributed by atoms with Crippen molar-refractivity contribution in [2.45, 2.75) is 106 Å². The van der Waals surface area contributed by atoms with Crippen molar-refractivity contribution in [1.29, 1.82) is 0 Å². The molecule has 0 spiro atoms. The Kier molecular flexibility index (Phi) is 11.5. The van der Waals surface area contributed by atoms with E-state index in [1.54, 1.807) is 27.7 Å². The molecule has 0 aromatic heterocycles. The summed E-state index contributed by atoms with van der Waals surface area (Å²) in [6, 6.07) is 0. The molecule has 2 aliphatic rings. The van der Waals surface area contributed by atoms with Gasteiger partial charge < -0.3 is 23.7 Å². The van der Waals surface area contributed by atoms with Crippen LogP contribution in [0.2, 0.25) is 0 Å². The summed E-state index contributed by atoms with van der Waals surface area (Å²) in [7, 11) is 0. The van der Waals surface area contributed by atoms with Gasteiger partial charge in [0.15, 0.2) is 23.3 Å². The van der Waals surface area contributed by atoms with Gasteiger partial charge >= 0.3 is 29.8 Å². The Hall–Kier alpha value is -3.83. The van der Waals surface area contributed by atoms with E-state index in [1.807, 2.05) is 0 Å². The number of fused-ring (bicyclic) bond motifs is 1. The maximum atomic E-state index is 14.4. The minimum absolute atomic E-state index is 0.122. The Balaban J connectivity index is 3.10. The summed E-state index contributed by atoms with van der Waals surface area (Å²) in [5, 5.41) is 0. The van der Waals surface area contributed by atoms with Crippen molar-refractivity contribution in [3.05, 3.63) is 24.3 Å². The van der Waals surface area contributed by atoms with E-state index in [1.165, 1.54) is 26.0 Å². The average molecular weight is 621 g/mol. The summed E-state index contributed by atoms with van der Waals surface area (Å²) in [4.78, 5) is 91.4. The molecule has 2 rings (SSSR count). The van der Waals surface area contributed by atoms with Gasteiger partial charge in [0, 0.05) is 51.0 Å². The Morgan fingerprint density at radius 3 is 1.80 bits per heavy atom. The number of Topliss-reactive ketones (excluding diaryl/α,β-unsaturated/α-hetero) is 2. The van der Waals surface area contributed by atoms with Gasteiger partial charge in [0.05, 0.1) is 11.8 Å². The molecule has 0 bridgehead atoms. The molecule has 1 saturated carbocycles. The molecule has 0 aromatic rings. The van der Waals surface area contributed by atoms with Crippen molar-refractivity contribution in [3.8, 4) is 0 Å². The Morgan fingerprint density at radius 2 is 1.32 bits per heavy atom. The van der Waals surface area contributed by atoms with Crippen molar-refractivity contribution in [1.82, 2.24) is 0 Å². The van der Waals surface area contributed by atoms with Crippen LogP contribution in [0, 0.1) is 29.1 Å². The lowest BCUT2D eigenvalue weighted by atomic mass is 9.72. The van der Waals surface area contributed by atoms with Gasteiger partial charge in [-0.05, 0) is 19.8 Å². The molecule has 0 amide bonds. The van der Waals surface area contributed by atoms with Crippen molar-refractivity contribution in [3.63, 3.8) is 0 Å². The third-order valence-corrected chi connectivity index (χ3v) is 7.86. The second kappa shape index (κ2) is 13.9. The molecule has 0 heterocycles. The first kappa shape index (κ1) is 36.4. The van der Waals surface area contributed by atoms with Gasteiger partial charge in [-0.15, -0.1) is 0 Å². The highest BCUT2D eigenvalue weighted by molar-refractivity contribution is 5.95. The minimum atomic E-state index is -2.02. The van der Waals surface area contributed by atoms with Gasteiger partial charge in [-0.1, -0.05) is 46.4 Å². The van der Waals surface area contributed by atoms with E-state index in [9.17, 15) is 33.6 Å². The van der Waals surface area contributed by atoms with Crippen molar-refractivity contribution in [2.24, 2.45) is 29.1 Å². The zero-order valence-corrected chi connectivity index (χ0v) is 27.1. The van der Waals surface area contributed by atoms with Crippen LogP contribution >= 0.6 is 0 Å². The second-order valence-corrected chi connectivity index (χ2v) is 12.5. The van der Waals surface area contributed by atoms with Gasteiger partial charge in [0.25, 0.3) is 0 Å². The van der Waals surface area contributed by atoms with Crippen LogP contribution in [0.5, 0.6) is 0 Å². The quantitative estimate of drug-likeness (QED) is 0.242. The lowest BCUT2D eigenvalue weighted by Crippen LogP contribution is -2.58. The van der Waals surface area contributed by atoms with Gasteiger partial charge in [-0.25, -0.2) is 0 Å². The maximum absolute atomic E-state index is 14.4. The van der Waals surface area contributed by atoms with Gasteiger partial charge in [-0.2, -0.15) is 0 Å². The van der Waals surface area contributed by atoms with Crippen LogP contribution < -0.4 is 0 Å². The highest BCUT2D eigenvalue weighted by Gasteiger charge is 2.65. The molecule has 8 atom stereocenters. The fraction of sp³-hybridized carbons (Fsp3) is 0.656. The molecule has 0 saturated heterocycles. The standard InChI is InChI=1S/C32H44O12/c1-15(2)30(39)43-26-18(5)25(41-20(7)34)23-24(40-19(6)33)17(4)14-32(23,44-22(9)36)28(37)16(3)12-13-31(10,11)29(38)27(26)42-21(8)35/h12-13,15-17,23-27H,5,14H2,1-4,6-11H3/b13-12+/t16-,17-,23+,24-,25-,26-,27+,32+/m0/s1. The molecule has 12 nitrogen and oxygen atoms in total. The monoisotopic (exact) mass is 620 g/mol. The Bertz CT molecular complexity index is 1240. The normalized spacial score (nSPS) is 32.8. The highest BCUT2D eigenvalue weighted by Crippen LogP contribution is 2.51. The van der Waals surface area contributed by atoms with Crippen LogP contribution in [-0.2, 0) is 57.2 Å². The van der Waals surface area contributed by atoms with Crippen molar-refractivity contribution in [2.75, 3.05) is 0 Å². The molecule has 0 aromatic carbocycles. The van der Waals surface area contributed by atoms with Crippen LogP contribution in [-0.4, -0.2) is 71.4 Å². The van der Waals surface area contributed by atoms with E-state index in [-0.39, 0.29) is 12.0 Å². The molecule has 0 aliphatic heterocycles. The molecule has 0 unspecified atom stereocenters. The van der Waals surface area contributed by atoms with E-state index in [0.717, 1.165) is 27.7 Å². The van der Waals surface area contributed by atoms with Gasteiger partial charge in [0.2, 0.25) is 6.10 Å². The summed E-state index contributed by atoms with van der Waals surface area (Å²) in [6.45, 7) is 17.8. The van der Waals surface area contributed by atoms with E-state index < -0.39 is 101 Å². The summed E-state index contributed by atoms with van der Waals surface area (Å²) < 4.78 is 28.5. The molecule has 0 N–H and O–H groups in total. The van der Waals surface area contributed by atoms with E-state index in [4.69, 9.17) is 23.7 Å². The first-order chi connectivity index (χ1) is 20.2. The molecular weight excluding hydrogens is 576 g/mol. The fourth-order valence-electron chi connectivity index (χ4n) is 5.88. The molecular formula is C32H44O12. The summed E-state index contributed by atoms with van der Waals surface area (Å²) in [5.41, 5.74) is -3.65. The molecule has 44 heavy (non-hydrogen) atoms. The van der Waals surface area contributed by atoms with Crippen LogP contribution in [0.4, 0.5) is 0 Å². The lowest BCUT2D eigenvalue weighted by Gasteiger charge is -2.42. The third-order valence-electron chi connectivity index (χ3n) is 7.86. The molecule has 12 heteroatoms. The smallest absolute Gasteiger partial charge is 0.309 e. The minimum Gasteiger partial charge on any atom is -0.462 e. The number of esters is 5. The van der Waals surface area contributed by atoms with Gasteiger partial charge in [-0.3, -0.25) is 33.6 Å². The van der Waals surface area contributed by atoms with Crippen molar-refractivity contribution >= 4 is 41.4 Å². The van der Waals surface area contributed by atoms with E-state index in [2.05, 4.69) is 6.58 Å². The van der Waals surface area contributed by atoms with Crippen LogP contribution in [0.25, 0.3) is 0 Å². The van der Waals surface area contributed by atoms with Gasteiger partial charge in [0.1, 0.15) is 12.2 Å². The Morgan fingerprint density at radius 1 is 0.795 bits per heavy atom. The second-order valence-electron chi connectivity index (χ2n) is 12.5. The van der Waals surface area contributed by atoms with E-state index in [0.29, 0.717) is 0 Å². The zero-order chi connectivity index (χ0) is 33.9. The summed E-state index contributed by atoms with van der Waals surface area (Å²) >= 11 is 0. The number of rotatable bonds is 6. The number of allylic oxidation sites excluding steroid dienone is 2. The lowest BCUT2D eigenvalue weighted by molar-refractivity contribution is -0.187. The maximum Gasteiger partial charge on any atom is 0.309 e. The molecule has 244 valence electrons. The van der Waals surface area contributed by atoms with E-state index >= 15 is 0 Å². The first-order valence-corrected chi connectivity index (χ1v) is 14.5. The number of carbonyl (C=O) groups excluding carboxylic acids is 7. The predicted octanol–water partition coefficient (Wildman–Crippen LogP) is 3.23. The highest BCUT2D eigenvalue weighted by atomic mass is 16.6. The summed E-state index contributed by atoms with van der Waals surface area (Å²) in [6.07, 6.45) is -3.50. The van der Waals surface area contributed by atoms with Crippen LogP contribution in [0.15, 0.2) is 24.3 Å². The first-order valence-electron chi connectivity index (χ1n) is 14.5. The molecule has 0 radical (unpaired) electrons. The number of hydrogen-bond donors (Lipinski definition) is 0. The molecule has 2 aliphatic carbocycles. The number of hydrogen-bond acceptors (Lipinski definition) is 12. The largest absolute Gasteiger partial charge is 0.462 e. The van der Waals surface area contributed by atoms with Crippen LogP contribution in [0.1, 0.15) is 75.7 Å². The predicted molar refractivity (Wildman–Crippen MR) is 154 cm³/mol. The third kappa shape index (κ3) is 7.81. The number of carbonyl (C=O) groups is 7. The molecule has 1 fully saturated rings.